The van der Waals surface area contributed by atoms with Crippen LogP contribution in [0.3, 0.4) is 0 Å². The molecule has 1 aliphatic heterocycles. The third-order valence-corrected chi connectivity index (χ3v) is 3.41. The normalized spacial score (nSPS) is 20.9. The van der Waals surface area contributed by atoms with Gasteiger partial charge in [-0.15, -0.1) is 11.3 Å². The van der Waals surface area contributed by atoms with Crippen molar-refractivity contribution in [3.8, 4) is 0 Å². The van der Waals surface area contributed by atoms with E-state index >= 15 is 0 Å². The van der Waals surface area contributed by atoms with Crippen LogP contribution in [0, 0.1) is 0 Å². The summed E-state index contributed by atoms with van der Waals surface area (Å²) in [5.41, 5.74) is 3.48. The summed E-state index contributed by atoms with van der Waals surface area (Å²) >= 11 is 1.80. The molecule has 2 rings (SSSR count). The van der Waals surface area contributed by atoms with Gasteiger partial charge < -0.3 is 4.74 Å². The Morgan fingerprint density at radius 3 is 2.93 bits per heavy atom. The van der Waals surface area contributed by atoms with Gasteiger partial charge >= 0.3 is 0 Å². The molecule has 14 heavy (non-hydrogen) atoms. The summed E-state index contributed by atoms with van der Waals surface area (Å²) in [6.07, 6.45) is 0. The van der Waals surface area contributed by atoms with Crippen molar-refractivity contribution in [3.05, 3.63) is 22.4 Å². The van der Waals surface area contributed by atoms with E-state index < -0.39 is 0 Å². The van der Waals surface area contributed by atoms with Crippen molar-refractivity contribution in [1.29, 1.82) is 0 Å². The van der Waals surface area contributed by atoms with Gasteiger partial charge in [-0.2, -0.15) is 0 Å². The van der Waals surface area contributed by atoms with Crippen LogP contribution in [0.2, 0.25) is 0 Å². The van der Waals surface area contributed by atoms with E-state index in [1.54, 1.807) is 11.3 Å². The zero-order valence-electron chi connectivity index (χ0n) is 8.40. The lowest BCUT2D eigenvalue weighted by molar-refractivity contribution is 0.00511. The van der Waals surface area contributed by atoms with Crippen LogP contribution in [0.4, 0.5) is 0 Å². The largest absolute Gasteiger partial charge is 0.379 e. The lowest BCUT2D eigenvalue weighted by Crippen LogP contribution is -2.46. The van der Waals surface area contributed by atoms with Crippen molar-refractivity contribution in [2.75, 3.05) is 26.3 Å². The van der Waals surface area contributed by atoms with Crippen LogP contribution in [-0.4, -0.2) is 31.3 Å². The number of morpholine rings is 1. The first kappa shape index (κ1) is 10.1. The lowest BCUT2D eigenvalue weighted by Gasteiger charge is -2.29. The van der Waals surface area contributed by atoms with Crippen molar-refractivity contribution < 1.29 is 4.74 Å². The Balaban J connectivity index is 1.84. The summed E-state index contributed by atoms with van der Waals surface area (Å²) in [5, 5.41) is 4.36. The molecule has 1 N–H and O–H groups in total. The third kappa shape index (κ3) is 2.54. The number of nitrogens with zero attached hydrogens (tertiary/aromatic N) is 1. The quantitative estimate of drug-likeness (QED) is 0.824. The number of hydrogen-bond acceptors (Lipinski definition) is 4. The van der Waals surface area contributed by atoms with Gasteiger partial charge in [0.15, 0.2) is 0 Å². The molecule has 1 aromatic rings. The van der Waals surface area contributed by atoms with E-state index in [0.29, 0.717) is 6.04 Å². The molecule has 0 amide bonds. The van der Waals surface area contributed by atoms with E-state index in [-0.39, 0.29) is 0 Å². The van der Waals surface area contributed by atoms with Crippen LogP contribution < -0.4 is 5.43 Å². The first-order valence-electron chi connectivity index (χ1n) is 4.98. The minimum atomic E-state index is 0.410. The fraction of sp³-hybridized carbons (Fsp3) is 0.600. The number of ether oxygens (including phenoxy) is 1. The van der Waals surface area contributed by atoms with Crippen molar-refractivity contribution in [1.82, 2.24) is 10.4 Å². The van der Waals surface area contributed by atoms with E-state index in [9.17, 15) is 0 Å². The summed E-state index contributed by atoms with van der Waals surface area (Å²) in [7, 11) is 0. The predicted octanol–water partition coefficient (Wildman–Crippen LogP) is 1.65. The molecule has 3 nitrogen and oxygen atoms in total. The molecule has 0 aromatic carbocycles. The standard InChI is InChI=1S/C10H16N2OS/c1-9(10-3-2-8-14-10)11-12-4-6-13-7-5-12/h2-3,8-9,11H,4-7H2,1H3. The van der Waals surface area contributed by atoms with Gasteiger partial charge in [0, 0.05) is 18.0 Å². The van der Waals surface area contributed by atoms with Crippen molar-refractivity contribution in [2.24, 2.45) is 0 Å². The number of hydrogen-bond donors (Lipinski definition) is 1. The molecule has 0 bridgehead atoms. The van der Waals surface area contributed by atoms with Crippen LogP contribution >= 0.6 is 11.3 Å². The van der Waals surface area contributed by atoms with Gasteiger partial charge in [0.05, 0.1) is 19.3 Å². The van der Waals surface area contributed by atoms with Crippen LogP contribution in [0.1, 0.15) is 17.8 Å². The molecule has 0 aliphatic carbocycles. The summed E-state index contributed by atoms with van der Waals surface area (Å²) in [6, 6.07) is 4.67. The summed E-state index contributed by atoms with van der Waals surface area (Å²) in [6.45, 7) is 5.83. The van der Waals surface area contributed by atoms with Gasteiger partial charge in [-0.3, -0.25) is 0 Å². The van der Waals surface area contributed by atoms with Gasteiger partial charge in [-0.1, -0.05) is 6.07 Å². The lowest BCUT2D eigenvalue weighted by atomic mass is 10.3. The maximum atomic E-state index is 5.29. The molecule has 1 aromatic heterocycles. The first-order chi connectivity index (χ1) is 6.86. The monoisotopic (exact) mass is 212 g/mol. The summed E-state index contributed by atoms with van der Waals surface area (Å²) in [4.78, 5) is 1.39. The molecule has 1 unspecified atom stereocenters. The maximum absolute atomic E-state index is 5.29. The smallest absolute Gasteiger partial charge is 0.0608 e. The van der Waals surface area contributed by atoms with Crippen molar-refractivity contribution in [3.63, 3.8) is 0 Å². The van der Waals surface area contributed by atoms with Gasteiger partial charge in [0.25, 0.3) is 0 Å². The molecule has 1 saturated heterocycles. The average molecular weight is 212 g/mol. The molecule has 0 saturated carbocycles. The van der Waals surface area contributed by atoms with Crippen LogP contribution in [-0.2, 0) is 4.74 Å². The van der Waals surface area contributed by atoms with Crippen LogP contribution in [0.25, 0.3) is 0 Å². The molecular formula is C10H16N2OS. The molecule has 1 atom stereocenters. The highest BCUT2D eigenvalue weighted by Crippen LogP contribution is 2.18. The highest BCUT2D eigenvalue weighted by molar-refractivity contribution is 7.10. The zero-order chi connectivity index (χ0) is 9.80. The minimum Gasteiger partial charge on any atom is -0.379 e. The second kappa shape index (κ2) is 4.89. The Kier molecular flexibility index (Phi) is 3.53. The second-order valence-electron chi connectivity index (χ2n) is 3.47. The van der Waals surface area contributed by atoms with E-state index in [0.717, 1.165) is 26.3 Å². The Hall–Kier alpha value is -0.420. The summed E-state index contributed by atoms with van der Waals surface area (Å²) in [5.74, 6) is 0. The van der Waals surface area contributed by atoms with E-state index in [1.165, 1.54) is 4.88 Å². The topological polar surface area (TPSA) is 24.5 Å². The molecule has 1 aliphatic rings. The third-order valence-electron chi connectivity index (χ3n) is 2.36. The zero-order valence-corrected chi connectivity index (χ0v) is 9.22. The first-order valence-corrected chi connectivity index (χ1v) is 5.86. The minimum absolute atomic E-state index is 0.410. The highest BCUT2D eigenvalue weighted by Gasteiger charge is 2.13. The van der Waals surface area contributed by atoms with Crippen LogP contribution in [0.15, 0.2) is 17.5 Å². The second-order valence-corrected chi connectivity index (χ2v) is 4.44. The average Bonchev–Trinajstić information content (AvgIpc) is 2.72. The molecule has 0 spiro atoms. The Morgan fingerprint density at radius 1 is 1.50 bits per heavy atom. The Labute approximate surface area is 88.6 Å². The van der Waals surface area contributed by atoms with E-state index in [1.807, 2.05) is 0 Å². The maximum Gasteiger partial charge on any atom is 0.0608 e. The molecule has 78 valence electrons. The molecule has 1 fully saturated rings. The van der Waals surface area contributed by atoms with E-state index in [4.69, 9.17) is 4.74 Å². The van der Waals surface area contributed by atoms with Gasteiger partial charge in [-0.05, 0) is 18.4 Å². The fourth-order valence-electron chi connectivity index (χ4n) is 1.57. The molecule has 0 radical (unpaired) electrons. The molecular weight excluding hydrogens is 196 g/mol. The van der Waals surface area contributed by atoms with E-state index in [2.05, 4.69) is 34.9 Å². The molecule has 2 heterocycles. The Bertz CT molecular complexity index is 257. The van der Waals surface area contributed by atoms with Gasteiger partial charge in [0.2, 0.25) is 0 Å². The number of hydrazine groups is 1. The van der Waals surface area contributed by atoms with Gasteiger partial charge in [-0.25, -0.2) is 10.4 Å². The SMILES string of the molecule is CC(NN1CCOCC1)c1cccs1. The van der Waals surface area contributed by atoms with Crippen molar-refractivity contribution in [2.45, 2.75) is 13.0 Å². The number of rotatable bonds is 3. The fourth-order valence-corrected chi connectivity index (χ4v) is 2.30. The van der Waals surface area contributed by atoms with Crippen molar-refractivity contribution >= 4 is 11.3 Å². The molecule has 4 heteroatoms. The predicted molar refractivity (Wildman–Crippen MR) is 58.3 cm³/mol. The summed E-state index contributed by atoms with van der Waals surface area (Å²) < 4.78 is 5.29. The number of thiophene rings is 1. The Morgan fingerprint density at radius 2 is 2.29 bits per heavy atom. The van der Waals surface area contributed by atoms with Crippen LogP contribution in [0.5, 0.6) is 0 Å². The van der Waals surface area contributed by atoms with Gasteiger partial charge in [0.1, 0.15) is 0 Å². The highest BCUT2D eigenvalue weighted by atomic mass is 32.1. The number of nitrogens with one attached hydrogen (secondary N) is 1.